The number of esters is 4. The van der Waals surface area contributed by atoms with E-state index in [9.17, 15) is 19.2 Å². The molecule has 4 rings (SSSR count). The Morgan fingerprint density at radius 2 is 0.618 bits per heavy atom. The van der Waals surface area contributed by atoms with Crippen LogP contribution in [0.25, 0.3) is 0 Å². The van der Waals surface area contributed by atoms with Crippen LogP contribution in [0.3, 0.4) is 0 Å². The summed E-state index contributed by atoms with van der Waals surface area (Å²) in [7, 11) is 0. The predicted octanol–water partition coefficient (Wildman–Crippen LogP) is 6.02. The molecule has 1 atom stereocenters. The van der Waals surface area contributed by atoms with Crippen LogP contribution in [0.1, 0.15) is 169 Å². The van der Waals surface area contributed by atoms with Gasteiger partial charge in [-0.3, -0.25) is 19.2 Å². The molecule has 0 spiro atoms. The third kappa shape index (κ3) is 13.4. The van der Waals surface area contributed by atoms with Crippen LogP contribution >= 0.6 is 0 Å². The molecule has 4 heterocycles. The van der Waals surface area contributed by atoms with E-state index in [4.69, 9.17) is 18.9 Å². The van der Waals surface area contributed by atoms with E-state index in [0.29, 0.717) is 51.4 Å². The highest BCUT2D eigenvalue weighted by atomic mass is 16.6. The molecule has 0 aromatic heterocycles. The van der Waals surface area contributed by atoms with E-state index in [1.54, 1.807) is 0 Å². The maximum Gasteiger partial charge on any atom is 0.321 e. The summed E-state index contributed by atoms with van der Waals surface area (Å²) in [6.45, 7) is 32.8. The second-order valence-electron chi connectivity index (χ2n) is 22.8. The molecule has 0 amide bonds. The van der Waals surface area contributed by atoms with Gasteiger partial charge in [0, 0.05) is 95.7 Å². The van der Waals surface area contributed by atoms with E-state index in [1.807, 2.05) is 83.1 Å². The number of piperidine rings is 4. The molecule has 55 heavy (non-hydrogen) atoms. The molecule has 4 N–H and O–H groups in total. The average molecular weight is 777 g/mol. The van der Waals surface area contributed by atoms with Crippen LogP contribution in [-0.2, 0) is 38.1 Å². The molecule has 12 heteroatoms. The van der Waals surface area contributed by atoms with Crippen molar-refractivity contribution in [2.45, 2.75) is 237 Å². The number of carbonyl (C=O) groups is 4. The van der Waals surface area contributed by atoms with E-state index < -0.39 is 66.5 Å². The first-order chi connectivity index (χ1) is 24.6. The lowest BCUT2D eigenvalue weighted by Crippen LogP contribution is -2.61. The minimum Gasteiger partial charge on any atom is -0.462 e. The first kappa shape index (κ1) is 45.4. The topological polar surface area (TPSA) is 153 Å². The molecule has 4 fully saturated rings. The fourth-order valence-electron chi connectivity index (χ4n) is 11.2. The summed E-state index contributed by atoms with van der Waals surface area (Å²) in [6, 6.07) is 0. The molecule has 0 radical (unpaired) electrons. The Hall–Kier alpha value is -2.28. The molecule has 4 aliphatic rings. The minimum atomic E-state index is -1.74. The summed E-state index contributed by atoms with van der Waals surface area (Å²) in [5.41, 5.74) is -2.74. The molecule has 0 aromatic rings. The fraction of sp³-hybridized carbons (Fsp3) is 0.907. The SMILES string of the molecule is CC1(C)CC(OC(=O)CC(C(=O)OC2CC(C)(C)NC(C)(C)C2)C(C(=O)OC2CC(C)(C)NC(C)(C)C2)C(=O)OC2CC(C)(C)NC(C)(C)C2)CC(C)(C)N1. The minimum absolute atomic E-state index is 0.303. The van der Waals surface area contributed by atoms with Gasteiger partial charge in [0.05, 0.1) is 12.3 Å². The van der Waals surface area contributed by atoms with Gasteiger partial charge in [-0.15, -0.1) is 0 Å². The standard InChI is InChI=1S/C43H76N4O8/c1-36(2)18-26(19-37(3,4)44-36)52-31(48)17-30(33(49)53-27-20-38(5,6)45-39(7,8)21-27)32(34(50)54-28-22-40(9,10)46-41(11,12)23-28)35(51)55-29-24-42(13,14)47-43(15,16)25-29/h26-30,32,44-47H,17-25H2,1-16H3. The highest BCUT2D eigenvalue weighted by Crippen LogP contribution is 2.37. The van der Waals surface area contributed by atoms with Crippen molar-refractivity contribution >= 4 is 23.9 Å². The zero-order chi connectivity index (χ0) is 41.8. The Bertz CT molecular complexity index is 1330. The smallest absolute Gasteiger partial charge is 0.321 e. The zero-order valence-electron chi connectivity index (χ0n) is 37.1. The van der Waals surface area contributed by atoms with E-state index in [2.05, 4.69) is 49.0 Å². The van der Waals surface area contributed by atoms with Gasteiger partial charge in [-0.05, 0) is 111 Å². The normalized spacial score (nSPS) is 27.7. The molecule has 12 nitrogen and oxygen atoms in total. The number of hydrogen-bond donors (Lipinski definition) is 4. The highest BCUT2D eigenvalue weighted by Gasteiger charge is 2.50. The van der Waals surface area contributed by atoms with Gasteiger partial charge in [0.25, 0.3) is 0 Å². The Morgan fingerprint density at radius 1 is 0.400 bits per heavy atom. The van der Waals surface area contributed by atoms with Crippen LogP contribution in [0.15, 0.2) is 0 Å². The largest absolute Gasteiger partial charge is 0.462 e. The summed E-state index contributed by atoms with van der Waals surface area (Å²) >= 11 is 0. The van der Waals surface area contributed by atoms with Crippen LogP contribution in [0, 0.1) is 11.8 Å². The number of ether oxygens (including phenoxy) is 4. The second kappa shape index (κ2) is 15.5. The number of hydrogen-bond acceptors (Lipinski definition) is 12. The number of rotatable bonds is 10. The second-order valence-corrected chi connectivity index (χ2v) is 22.8. The summed E-state index contributed by atoms with van der Waals surface area (Å²) in [6.07, 6.45) is 1.56. The van der Waals surface area contributed by atoms with Crippen LogP contribution in [0.4, 0.5) is 0 Å². The van der Waals surface area contributed by atoms with Gasteiger partial charge in [-0.25, -0.2) is 0 Å². The lowest BCUT2D eigenvalue weighted by molar-refractivity contribution is -0.184. The number of carbonyl (C=O) groups excluding carboxylic acids is 4. The van der Waals surface area contributed by atoms with Gasteiger partial charge in [-0.1, -0.05) is 0 Å². The van der Waals surface area contributed by atoms with Crippen molar-refractivity contribution in [3.8, 4) is 0 Å². The highest BCUT2D eigenvalue weighted by molar-refractivity contribution is 6.00. The third-order valence-corrected chi connectivity index (χ3v) is 11.4. The van der Waals surface area contributed by atoms with Gasteiger partial charge < -0.3 is 40.2 Å². The Labute approximate surface area is 331 Å². The van der Waals surface area contributed by atoms with Crippen molar-refractivity contribution in [3.63, 3.8) is 0 Å². The molecular weight excluding hydrogens is 700 g/mol. The van der Waals surface area contributed by atoms with Crippen LogP contribution in [0.2, 0.25) is 0 Å². The molecule has 1 unspecified atom stereocenters. The molecule has 316 valence electrons. The molecule has 0 bridgehead atoms. The number of nitrogens with one attached hydrogen (secondary N) is 4. The molecular formula is C43H76N4O8. The summed E-state index contributed by atoms with van der Waals surface area (Å²) in [5, 5.41) is 14.4. The monoisotopic (exact) mass is 777 g/mol. The average Bonchev–Trinajstić information content (AvgIpc) is 2.85. The van der Waals surface area contributed by atoms with Crippen LogP contribution in [0.5, 0.6) is 0 Å². The van der Waals surface area contributed by atoms with Gasteiger partial charge in [-0.2, -0.15) is 0 Å². The van der Waals surface area contributed by atoms with E-state index in [-0.39, 0.29) is 44.3 Å². The van der Waals surface area contributed by atoms with E-state index in [0.717, 1.165) is 0 Å². The lowest BCUT2D eigenvalue weighted by atomic mass is 9.80. The first-order valence-electron chi connectivity index (χ1n) is 20.6. The van der Waals surface area contributed by atoms with Gasteiger partial charge in [0.2, 0.25) is 0 Å². The Kier molecular flexibility index (Phi) is 12.8. The summed E-state index contributed by atoms with van der Waals surface area (Å²) in [5.74, 6) is -6.53. The van der Waals surface area contributed by atoms with Gasteiger partial charge in [0.15, 0.2) is 5.92 Å². The van der Waals surface area contributed by atoms with Crippen molar-refractivity contribution in [3.05, 3.63) is 0 Å². The third-order valence-electron chi connectivity index (χ3n) is 11.4. The predicted molar refractivity (Wildman–Crippen MR) is 213 cm³/mol. The zero-order valence-corrected chi connectivity index (χ0v) is 37.1. The molecule has 0 saturated carbocycles. The van der Waals surface area contributed by atoms with Crippen molar-refractivity contribution < 1.29 is 38.1 Å². The van der Waals surface area contributed by atoms with Gasteiger partial charge >= 0.3 is 23.9 Å². The maximum absolute atomic E-state index is 14.6. The van der Waals surface area contributed by atoms with Crippen LogP contribution in [-0.4, -0.2) is 92.6 Å². The van der Waals surface area contributed by atoms with Gasteiger partial charge in [0.1, 0.15) is 24.4 Å². The molecule has 4 saturated heterocycles. The molecule has 0 aliphatic carbocycles. The molecule has 4 aliphatic heterocycles. The quantitative estimate of drug-likeness (QED) is 0.117. The van der Waals surface area contributed by atoms with Crippen molar-refractivity contribution in [2.24, 2.45) is 11.8 Å². The fourth-order valence-corrected chi connectivity index (χ4v) is 11.2. The maximum atomic E-state index is 14.6. The van der Waals surface area contributed by atoms with Crippen molar-refractivity contribution in [2.75, 3.05) is 0 Å². The van der Waals surface area contributed by atoms with Crippen molar-refractivity contribution in [1.29, 1.82) is 0 Å². The van der Waals surface area contributed by atoms with E-state index >= 15 is 0 Å². The van der Waals surface area contributed by atoms with Crippen LogP contribution < -0.4 is 21.3 Å². The van der Waals surface area contributed by atoms with Crippen molar-refractivity contribution in [1.82, 2.24) is 21.3 Å². The lowest BCUT2D eigenvalue weighted by Gasteiger charge is -2.47. The summed E-state index contributed by atoms with van der Waals surface area (Å²) < 4.78 is 24.8. The Balaban J connectivity index is 1.72. The Morgan fingerprint density at radius 3 is 0.873 bits per heavy atom. The first-order valence-corrected chi connectivity index (χ1v) is 20.6. The van der Waals surface area contributed by atoms with E-state index in [1.165, 1.54) is 0 Å². The molecule has 0 aromatic carbocycles. The summed E-state index contributed by atoms with van der Waals surface area (Å²) in [4.78, 5) is 57.9.